The van der Waals surface area contributed by atoms with Gasteiger partial charge in [-0.1, -0.05) is 15.9 Å². The SMILES string of the molecule is Cc1cc(Br)cc(Nc2cc(F)c(Br)cc2N)c1. The molecule has 0 spiro atoms. The van der Waals surface area contributed by atoms with Crippen LogP contribution in [0, 0.1) is 12.7 Å². The normalized spacial score (nSPS) is 10.4. The lowest BCUT2D eigenvalue weighted by Gasteiger charge is -2.11. The summed E-state index contributed by atoms with van der Waals surface area (Å²) in [5, 5.41) is 3.11. The number of hydrogen-bond acceptors (Lipinski definition) is 2. The molecule has 0 heterocycles. The number of halogens is 3. The summed E-state index contributed by atoms with van der Waals surface area (Å²) in [7, 11) is 0. The average molecular weight is 374 g/mol. The topological polar surface area (TPSA) is 38.0 Å². The van der Waals surface area contributed by atoms with E-state index in [4.69, 9.17) is 5.73 Å². The van der Waals surface area contributed by atoms with E-state index in [9.17, 15) is 4.39 Å². The van der Waals surface area contributed by atoms with Crippen LogP contribution in [0.15, 0.2) is 39.3 Å². The second kappa shape index (κ2) is 5.28. The third kappa shape index (κ3) is 3.03. The van der Waals surface area contributed by atoms with E-state index in [1.54, 1.807) is 6.07 Å². The molecule has 2 aromatic rings. The zero-order valence-corrected chi connectivity index (χ0v) is 12.8. The Morgan fingerprint density at radius 2 is 1.83 bits per heavy atom. The van der Waals surface area contributed by atoms with Gasteiger partial charge in [0.05, 0.1) is 15.8 Å². The van der Waals surface area contributed by atoms with E-state index in [-0.39, 0.29) is 5.82 Å². The van der Waals surface area contributed by atoms with Crippen molar-refractivity contribution in [1.82, 2.24) is 0 Å². The summed E-state index contributed by atoms with van der Waals surface area (Å²) in [6, 6.07) is 8.78. The quantitative estimate of drug-likeness (QED) is 0.728. The summed E-state index contributed by atoms with van der Waals surface area (Å²) in [5.41, 5.74) is 8.84. The molecule has 0 aliphatic carbocycles. The molecule has 0 fully saturated rings. The minimum Gasteiger partial charge on any atom is -0.397 e. The van der Waals surface area contributed by atoms with Gasteiger partial charge in [0.15, 0.2) is 0 Å². The maximum absolute atomic E-state index is 13.5. The minimum absolute atomic E-state index is 0.349. The number of rotatable bonds is 2. The number of nitrogen functional groups attached to an aromatic ring is 1. The number of aryl methyl sites for hydroxylation is 1. The Hall–Kier alpha value is -1.07. The molecule has 2 aromatic carbocycles. The van der Waals surface area contributed by atoms with Crippen LogP contribution in [0.1, 0.15) is 5.56 Å². The molecule has 2 rings (SSSR count). The van der Waals surface area contributed by atoms with E-state index in [1.165, 1.54) is 6.07 Å². The Balaban J connectivity index is 2.36. The monoisotopic (exact) mass is 372 g/mol. The third-order valence-corrected chi connectivity index (χ3v) is 3.48. The van der Waals surface area contributed by atoms with Crippen molar-refractivity contribution in [3.8, 4) is 0 Å². The maximum Gasteiger partial charge on any atom is 0.139 e. The molecule has 0 radical (unpaired) electrons. The molecule has 3 N–H and O–H groups in total. The Labute approximate surface area is 122 Å². The minimum atomic E-state index is -0.349. The van der Waals surface area contributed by atoms with Gasteiger partial charge in [-0.15, -0.1) is 0 Å². The van der Waals surface area contributed by atoms with Crippen LogP contribution in [0.5, 0.6) is 0 Å². The van der Waals surface area contributed by atoms with Crippen LogP contribution in [0.2, 0.25) is 0 Å². The van der Waals surface area contributed by atoms with Crippen molar-refractivity contribution in [3.63, 3.8) is 0 Å². The zero-order chi connectivity index (χ0) is 13.3. The molecule has 0 aromatic heterocycles. The first-order valence-electron chi connectivity index (χ1n) is 5.24. The largest absolute Gasteiger partial charge is 0.397 e. The smallest absolute Gasteiger partial charge is 0.139 e. The van der Waals surface area contributed by atoms with Crippen LogP contribution >= 0.6 is 31.9 Å². The molecule has 0 saturated carbocycles. The first-order valence-corrected chi connectivity index (χ1v) is 6.83. The average Bonchev–Trinajstić information content (AvgIpc) is 2.24. The molecule has 0 aliphatic heterocycles. The fourth-order valence-corrected chi connectivity index (χ4v) is 2.60. The van der Waals surface area contributed by atoms with Crippen LogP contribution in [0.25, 0.3) is 0 Å². The maximum atomic E-state index is 13.5. The van der Waals surface area contributed by atoms with Gasteiger partial charge in [0.1, 0.15) is 5.82 Å². The van der Waals surface area contributed by atoms with Gasteiger partial charge < -0.3 is 11.1 Å². The van der Waals surface area contributed by atoms with Crippen molar-refractivity contribution in [2.45, 2.75) is 6.92 Å². The van der Waals surface area contributed by atoms with Crippen molar-refractivity contribution in [2.24, 2.45) is 0 Å². The molecule has 0 unspecified atom stereocenters. The number of nitrogens with one attached hydrogen (secondary N) is 1. The highest BCUT2D eigenvalue weighted by molar-refractivity contribution is 9.10. The number of benzene rings is 2. The molecule has 0 bridgehead atoms. The summed E-state index contributed by atoms with van der Waals surface area (Å²) in [4.78, 5) is 0. The van der Waals surface area contributed by atoms with Gasteiger partial charge in [-0.3, -0.25) is 0 Å². The highest BCUT2D eigenvalue weighted by Crippen LogP contribution is 2.30. The van der Waals surface area contributed by atoms with Crippen LogP contribution in [0.4, 0.5) is 21.5 Å². The van der Waals surface area contributed by atoms with Crippen molar-refractivity contribution in [2.75, 3.05) is 11.1 Å². The number of hydrogen-bond donors (Lipinski definition) is 2. The summed E-state index contributed by atoms with van der Waals surface area (Å²) in [6.07, 6.45) is 0. The van der Waals surface area contributed by atoms with Gasteiger partial charge in [-0.25, -0.2) is 4.39 Å². The molecule has 2 nitrogen and oxygen atoms in total. The van der Waals surface area contributed by atoms with E-state index < -0.39 is 0 Å². The molecule has 5 heteroatoms. The van der Waals surface area contributed by atoms with Gasteiger partial charge in [-0.2, -0.15) is 0 Å². The second-order valence-electron chi connectivity index (χ2n) is 4.00. The van der Waals surface area contributed by atoms with Gasteiger partial charge in [-0.05, 0) is 52.7 Å². The van der Waals surface area contributed by atoms with Gasteiger partial charge >= 0.3 is 0 Å². The summed E-state index contributed by atoms with van der Waals surface area (Å²) >= 11 is 6.52. The predicted molar refractivity (Wildman–Crippen MR) is 80.7 cm³/mol. The molecule has 94 valence electrons. The van der Waals surface area contributed by atoms with Crippen LogP contribution < -0.4 is 11.1 Å². The fraction of sp³-hybridized carbons (Fsp3) is 0.0769. The van der Waals surface area contributed by atoms with Crippen molar-refractivity contribution < 1.29 is 4.39 Å². The first-order chi connectivity index (χ1) is 8.45. The number of nitrogens with two attached hydrogens (primary N) is 1. The standard InChI is InChI=1S/C13H11Br2FN2/c1-7-2-8(14)4-9(3-7)18-13-6-11(16)10(15)5-12(13)17/h2-6,18H,17H2,1H3. The molecule has 0 aliphatic rings. The van der Waals surface area contributed by atoms with Gasteiger partial charge in [0, 0.05) is 16.2 Å². The summed E-state index contributed by atoms with van der Waals surface area (Å²) in [6.45, 7) is 1.99. The van der Waals surface area contributed by atoms with Crippen LogP contribution in [-0.2, 0) is 0 Å². The molecular weight excluding hydrogens is 363 g/mol. The van der Waals surface area contributed by atoms with Gasteiger partial charge in [0.2, 0.25) is 0 Å². The lowest BCUT2D eigenvalue weighted by Crippen LogP contribution is -1.98. The lowest BCUT2D eigenvalue weighted by atomic mass is 10.2. The van der Waals surface area contributed by atoms with E-state index in [0.29, 0.717) is 15.8 Å². The second-order valence-corrected chi connectivity index (χ2v) is 5.77. The molecule has 0 amide bonds. The Kier molecular flexibility index (Phi) is 3.92. The van der Waals surface area contributed by atoms with Crippen molar-refractivity contribution in [3.05, 3.63) is 50.7 Å². The van der Waals surface area contributed by atoms with E-state index >= 15 is 0 Å². The van der Waals surface area contributed by atoms with E-state index in [1.807, 2.05) is 25.1 Å². The van der Waals surface area contributed by atoms with Gasteiger partial charge in [0.25, 0.3) is 0 Å². The molecule has 0 atom stereocenters. The fourth-order valence-electron chi connectivity index (χ4n) is 1.63. The highest BCUT2D eigenvalue weighted by atomic mass is 79.9. The molecule has 0 saturated heterocycles. The first kappa shape index (κ1) is 13.4. The summed E-state index contributed by atoms with van der Waals surface area (Å²) < 4.78 is 14.8. The van der Waals surface area contributed by atoms with Crippen LogP contribution in [0.3, 0.4) is 0 Å². The van der Waals surface area contributed by atoms with Crippen molar-refractivity contribution >= 4 is 48.9 Å². The lowest BCUT2D eigenvalue weighted by molar-refractivity contribution is 0.622. The number of anilines is 3. The Morgan fingerprint density at radius 3 is 2.50 bits per heavy atom. The zero-order valence-electron chi connectivity index (χ0n) is 9.60. The predicted octanol–water partition coefficient (Wildman–Crippen LogP) is 4.98. The Bertz CT molecular complexity index is 580. The highest BCUT2D eigenvalue weighted by Gasteiger charge is 2.06. The Morgan fingerprint density at radius 1 is 1.11 bits per heavy atom. The van der Waals surface area contributed by atoms with Crippen molar-refractivity contribution in [1.29, 1.82) is 0 Å². The molecule has 18 heavy (non-hydrogen) atoms. The third-order valence-electron chi connectivity index (χ3n) is 2.41. The van der Waals surface area contributed by atoms with E-state index in [0.717, 1.165) is 15.7 Å². The van der Waals surface area contributed by atoms with Crippen LogP contribution in [-0.4, -0.2) is 0 Å². The summed E-state index contributed by atoms with van der Waals surface area (Å²) in [5.74, 6) is -0.349. The molecular formula is C13H11Br2FN2. The van der Waals surface area contributed by atoms with E-state index in [2.05, 4.69) is 37.2 Å².